The molecule has 0 aliphatic heterocycles. The molecule has 1 amide bonds. The number of pyridine rings is 1. The van der Waals surface area contributed by atoms with Crippen LogP contribution in [0, 0.1) is 0 Å². The van der Waals surface area contributed by atoms with E-state index < -0.39 is 0 Å². The molecule has 24 heavy (non-hydrogen) atoms. The van der Waals surface area contributed by atoms with Crippen molar-refractivity contribution in [1.29, 1.82) is 0 Å². The van der Waals surface area contributed by atoms with Crippen molar-refractivity contribution in [2.75, 3.05) is 11.1 Å². The minimum atomic E-state index is -0.211. The Bertz CT molecular complexity index is 891. The number of rotatable bonds is 5. The highest BCUT2D eigenvalue weighted by Gasteiger charge is 2.18. The zero-order valence-corrected chi connectivity index (χ0v) is 15.7. The summed E-state index contributed by atoms with van der Waals surface area (Å²) in [4.78, 5) is 18.6. The van der Waals surface area contributed by atoms with Crippen molar-refractivity contribution in [2.24, 2.45) is 0 Å². The fourth-order valence-corrected chi connectivity index (χ4v) is 3.83. The van der Waals surface area contributed by atoms with Gasteiger partial charge >= 0.3 is 0 Å². The van der Waals surface area contributed by atoms with Crippen LogP contribution in [-0.4, -0.2) is 10.9 Å². The summed E-state index contributed by atoms with van der Waals surface area (Å²) in [6, 6.07) is 11.5. The number of anilines is 2. The summed E-state index contributed by atoms with van der Waals surface area (Å²) in [7, 11) is 0. The maximum absolute atomic E-state index is 12.6. The minimum absolute atomic E-state index is 0.211. The number of aryl methyl sites for hydroxylation is 1. The Balaban J connectivity index is 1.90. The number of thiophene rings is 1. The fraction of sp³-hybridized carbons (Fsp3) is 0.222. The van der Waals surface area contributed by atoms with Crippen LogP contribution in [0.1, 0.15) is 35.1 Å². The average molecular weight is 404 g/mol. The summed E-state index contributed by atoms with van der Waals surface area (Å²) < 4.78 is 0.831. The number of hydrogen-bond donors (Lipinski definition) is 2. The number of unbranched alkanes of at least 4 members (excludes halogenated alkanes) is 1. The molecule has 0 spiro atoms. The first-order chi connectivity index (χ1) is 11.6. The van der Waals surface area contributed by atoms with Crippen molar-refractivity contribution in [3.8, 4) is 0 Å². The van der Waals surface area contributed by atoms with Crippen molar-refractivity contribution in [3.05, 3.63) is 51.4 Å². The van der Waals surface area contributed by atoms with Crippen LogP contribution in [0.25, 0.3) is 10.2 Å². The van der Waals surface area contributed by atoms with E-state index in [0.717, 1.165) is 45.3 Å². The molecule has 0 atom stereocenters. The highest BCUT2D eigenvalue weighted by atomic mass is 79.9. The molecular weight excluding hydrogens is 386 g/mol. The molecule has 6 heteroatoms. The lowest BCUT2D eigenvalue weighted by atomic mass is 10.1. The standard InChI is InChI=1S/C18H18BrN3OS/c1-2-3-6-11-9-10-12-15(20)16(24-18(12)21-11)17(23)22-14-8-5-4-7-13(14)19/h4-5,7-10H,2-3,6,20H2,1H3,(H,22,23). The Morgan fingerprint density at radius 2 is 2.08 bits per heavy atom. The van der Waals surface area contributed by atoms with E-state index in [4.69, 9.17) is 5.73 Å². The molecule has 0 fully saturated rings. The highest BCUT2D eigenvalue weighted by molar-refractivity contribution is 9.10. The van der Waals surface area contributed by atoms with E-state index in [0.29, 0.717) is 10.6 Å². The predicted molar refractivity (Wildman–Crippen MR) is 105 cm³/mol. The van der Waals surface area contributed by atoms with E-state index in [9.17, 15) is 4.79 Å². The smallest absolute Gasteiger partial charge is 0.267 e. The first-order valence-corrected chi connectivity index (χ1v) is 9.45. The van der Waals surface area contributed by atoms with Crippen molar-refractivity contribution >= 4 is 54.8 Å². The maximum atomic E-state index is 12.6. The van der Waals surface area contributed by atoms with Crippen LogP contribution in [-0.2, 0) is 6.42 Å². The van der Waals surface area contributed by atoms with E-state index in [1.54, 1.807) is 0 Å². The Kier molecular flexibility index (Phi) is 5.16. The molecule has 0 unspecified atom stereocenters. The predicted octanol–water partition coefficient (Wildman–Crippen LogP) is 5.24. The second-order valence-electron chi connectivity index (χ2n) is 5.54. The number of amides is 1. The van der Waals surface area contributed by atoms with Crippen LogP contribution >= 0.6 is 27.3 Å². The molecule has 3 rings (SSSR count). The number of hydrogen-bond acceptors (Lipinski definition) is 4. The normalized spacial score (nSPS) is 10.9. The molecule has 0 radical (unpaired) electrons. The summed E-state index contributed by atoms with van der Waals surface area (Å²) >= 11 is 4.77. The maximum Gasteiger partial charge on any atom is 0.267 e. The molecule has 0 bridgehead atoms. The van der Waals surface area contributed by atoms with Gasteiger partial charge in [0.25, 0.3) is 5.91 Å². The van der Waals surface area contributed by atoms with Crippen LogP contribution < -0.4 is 11.1 Å². The fourth-order valence-electron chi connectivity index (χ4n) is 2.44. The van der Waals surface area contributed by atoms with E-state index >= 15 is 0 Å². The van der Waals surface area contributed by atoms with Crippen molar-refractivity contribution < 1.29 is 4.79 Å². The molecule has 124 valence electrons. The van der Waals surface area contributed by atoms with Crippen LogP contribution in [0.4, 0.5) is 11.4 Å². The number of halogens is 1. The largest absolute Gasteiger partial charge is 0.397 e. The molecule has 1 aromatic carbocycles. The first-order valence-electron chi connectivity index (χ1n) is 7.84. The number of carbonyl (C=O) groups excluding carboxylic acids is 1. The Hall–Kier alpha value is -1.92. The third kappa shape index (κ3) is 3.44. The number of fused-ring (bicyclic) bond motifs is 1. The summed E-state index contributed by atoms with van der Waals surface area (Å²) in [5.41, 5.74) is 8.44. The number of nitrogens with one attached hydrogen (secondary N) is 1. The molecule has 0 aliphatic carbocycles. The zero-order chi connectivity index (χ0) is 17.1. The van der Waals surface area contributed by atoms with Crippen molar-refractivity contribution in [3.63, 3.8) is 0 Å². The average Bonchev–Trinajstić information content (AvgIpc) is 2.91. The molecule has 2 heterocycles. The van der Waals surface area contributed by atoms with Crippen LogP contribution in [0.2, 0.25) is 0 Å². The molecule has 0 saturated carbocycles. The van der Waals surface area contributed by atoms with E-state index in [1.165, 1.54) is 11.3 Å². The van der Waals surface area contributed by atoms with Gasteiger partial charge in [-0.3, -0.25) is 4.79 Å². The molecule has 2 aromatic heterocycles. The number of carbonyl (C=O) groups is 1. The molecular formula is C18H18BrN3OS. The highest BCUT2D eigenvalue weighted by Crippen LogP contribution is 2.33. The third-order valence-corrected chi connectivity index (χ3v) is 5.57. The number of para-hydroxylation sites is 1. The molecule has 4 nitrogen and oxygen atoms in total. The Morgan fingerprint density at radius 1 is 1.29 bits per heavy atom. The van der Waals surface area contributed by atoms with Gasteiger partial charge in [-0.15, -0.1) is 11.3 Å². The van der Waals surface area contributed by atoms with Gasteiger partial charge in [0.05, 0.1) is 11.4 Å². The van der Waals surface area contributed by atoms with E-state index in [2.05, 4.69) is 33.2 Å². The van der Waals surface area contributed by atoms with Crippen molar-refractivity contribution in [2.45, 2.75) is 26.2 Å². The number of nitrogens with zero attached hydrogens (tertiary/aromatic N) is 1. The quantitative estimate of drug-likeness (QED) is 0.612. The summed E-state index contributed by atoms with van der Waals surface area (Å²) in [5, 5.41) is 3.74. The van der Waals surface area contributed by atoms with Gasteiger partial charge in [0.1, 0.15) is 9.71 Å². The van der Waals surface area contributed by atoms with Crippen LogP contribution in [0.15, 0.2) is 40.9 Å². The Morgan fingerprint density at radius 3 is 2.83 bits per heavy atom. The van der Waals surface area contributed by atoms with Gasteiger partial charge in [0.15, 0.2) is 0 Å². The molecule has 3 aromatic rings. The van der Waals surface area contributed by atoms with Crippen molar-refractivity contribution in [1.82, 2.24) is 4.98 Å². The third-order valence-electron chi connectivity index (χ3n) is 3.77. The molecule has 0 aliphatic rings. The van der Waals surface area contributed by atoms with Gasteiger partial charge in [-0.1, -0.05) is 25.5 Å². The molecule has 3 N–H and O–H groups in total. The number of benzene rings is 1. The van der Waals surface area contributed by atoms with Gasteiger partial charge in [-0.25, -0.2) is 4.98 Å². The van der Waals surface area contributed by atoms with E-state index in [-0.39, 0.29) is 5.91 Å². The lowest BCUT2D eigenvalue weighted by Gasteiger charge is -2.06. The van der Waals surface area contributed by atoms with Gasteiger partial charge in [0.2, 0.25) is 0 Å². The lowest BCUT2D eigenvalue weighted by molar-refractivity contribution is 0.103. The molecule has 0 saturated heterocycles. The number of aromatic nitrogens is 1. The van der Waals surface area contributed by atoms with Crippen LogP contribution in [0.3, 0.4) is 0 Å². The SMILES string of the molecule is CCCCc1ccc2c(N)c(C(=O)Nc3ccccc3Br)sc2n1. The van der Waals surface area contributed by atoms with E-state index in [1.807, 2.05) is 36.4 Å². The van der Waals surface area contributed by atoms with Gasteiger partial charge in [-0.05, 0) is 53.0 Å². The monoisotopic (exact) mass is 403 g/mol. The number of nitrogen functional groups attached to an aromatic ring is 1. The lowest BCUT2D eigenvalue weighted by Crippen LogP contribution is -2.12. The zero-order valence-electron chi connectivity index (χ0n) is 13.3. The topological polar surface area (TPSA) is 68.0 Å². The van der Waals surface area contributed by atoms with Gasteiger partial charge in [0, 0.05) is 15.6 Å². The summed E-state index contributed by atoms with van der Waals surface area (Å²) in [6.45, 7) is 2.16. The summed E-state index contributed by atoms with van der Waals surface area (Å²) in [5.74, 6) is -0.211. The van der Waals surface area contributed by atoms with Crippen LogP contribution in [0.5, 0.6) is 0 Å². The number of nitrogens with two attached hydrogens (primary N) is 1. The second kappa shape index (κ2) is 7.32. The minimum Gasteiger partial charge on any atom is -0.397 e. The van der Waals surface area contributed by atoms with Gasteiger partial charge in [-0.2, -0.15) is 0 Å². The summed E-state index contributed by atoms with van der Waals surface area (Å²) in [6.07, 6.45) is 3.18. The second-order valence-corrected chi connectivity index (χ2v) is 7.39. The van der Waals surface area contributed by atoms with Gasteiger partial charge < -0.3 is 11.1 Å². The Labute approximate surface area is 153 Å². The first kappa shape index (κ1) is 16.9.